The predicted octanol–water partition coefficient (Wildman–Crippen LogP) is 3.07. The van der Waals surface area contributed by atoms with Gasteiger partial charge in [0.05, 0.1) is 5.69 Å². The summed E-state index contributed by atoms with van der Waals surface area (Å²) >= 11 is 0.427. The van der Waals surface area contributed by atoms with E-state index in [1.165, 1.54) is 0 Å². The lowest BCUT2D eigenvalue weighted by atomic mass is 10.2. The van der Waals surface area contributed by atoms with Crippen molar-refractivity contribution in [2.75, 3.05) is 11.9 Å². The van der Waals surface area contributed by atoms with Gasteiger partial charge in [-0.05, 0) is 31.5 Å². The van der Waals surface area contributed by atoms with Gasteiger partial charge >= 0.3 is 0 Å². The largest absolute Gasteiger partial charge is 0.330 e. The predicted molar refractivity (Wildman–Crippen MR) is 69.8 cm³/mol. The summed E-state index contributed by atoms with van der Waals surface area (Å²) in [6.07, 6.45) is 1.83. The Morgan fingerprint density at radius 2 is 2.06 bits per heavy atom. The molecule has 1 amide bonds. The Hall–Kier alpha value is -1.14. The minimum Gasteiger partial charge on any atom is -0.330 e. The second kappa shape index (κ2) is 8.05. The van der Waals surface area contributed by atoms with E-state index in [1.807, 2.05) is 0 Å². The van der Waals surface area contributed by atoms with E-state index in [0.29, 0.717) is 41.7 Å². The maximum Gasteiger partial charge on any atom is 0.288 e. The number of amides is 1. The van der Waals surface area contributed by atoms with Crippen LogP contribution in [0.5, 0.6) is 0 Å². The Morgan fingerprint density at radius 3 is 2.72 bits per heavy atom. The van der Waals surface area contributed by atoms with Crippen LogP contribution in [0.25, 0.3) is 0 Å². The topological polar surface area (TPSA) is 55.1 Å². The highest BCUT2D eigenvalue weighted by Crippen LogP contribution is 2.31. The minimum absolute atomic E-state index is 0.175. The fraction of sp³-hybridized carbons (Fsp3) is 0.417. The van der Waals surface area contributed by atoms with E-state index in [2.05, 4.69) is 5.32 Å². The zero-order chi connectivity index (χ0) is 13.4. The van der Waals surface area contributed by atoms with Gasteiger partial charge < -0.3 is 11.1 Å². The molecule has 0 unspecified atom stereocenters. The Morgan fingerprint density at radius 1 is 1.33 bits per heavy atom. The number of hydrogen-bond donors (Lipinski definition) is 2. The molecule has 0 aliphatic carbocycles. The standard InChI is InChI=1S/C12H16F2N2OS/c13-12(14)18-10-6-2-1-5-9(10)16-11(17)7-3-4-8-15/h1-2,5-6,12H,3-4,7-8,15H2,(H,16,17). The monoisotopic (exact) mass is 274 g/mol. The summed E-state index contributed by atoms with van der Waals surface area (Å²) in [6.45, 7) is 0.547. The van der Waals surface area contributed by atoms with Crippen molar-refractivity contribution in [3.63, 3.8) is 0 Å². The smallest absolute Gasteiger partial charge is 0.288 e. The third-order valence-electron chi connectivity index (χ3n) is 2.24. The van der Waals surface area contributed by atoms with Gasteiger partial charge in [-0.1, -0.05) is 23.9 Å². The van der Waals surface area contributed by atoms with E-state index < -0.39 is 5.76 Å². The van der Waals surface area contributed by atoms with Crippen LogP contribution in [0.2, 0.25) is 0 Å². The second-order valence-electron chi connectivity index (χ2n) is 3.67. The molecule has 0 aromatic heterocycles. The van der Waals surface area contributed by atoms with Crippen LogP contribution in [0.4, 0.5) is 14.5 Å². The number of carbonyl (C=O) groups is 1. The molecule has 0 saturated carbocycles. The lowest BCUT2D eigenvalue weighted by Gasteiger charge is -2.10. The normalized spacial score (nSPS) is 10.7. The van der Waals surface area contributed by atoms with Crippen molar-refractivity contribution in [3.8, 4) is 0 Å². The Kier molecular flexibility index (Phi) is 6.67. The summed E-state index contributed by atoms with van der Waals surface area (Å²) in [7, 11) is 0. The third kappa shape index (κ3) is 5.46. The number of rotatable bonds is 7. The quantitative estimate of drug-likeness (QED) is 0.593. The first-order chi connectivity index (χ1) is 8.63. The molecule has 0 fully saturated rings. The zero-order valence-electron chi connectivity index (χ0n) is 9.86. The highest BCUT2D eigenvalue weighted by Gasteiger charge is 2.11. The van der Waals surface area contributed by atoms with Crippen molar-refractivity contribution in [3.05, 3.63) is 24.3 Å². The van der Waals surface area contributed by atoms with Crippen LogP contribution in [-0.4, -0.2) is 18.2 Å². The van der Waals surface area contributed by atoms with E-state index in [0.717, 1.165) is 6.42 Å². The van der Waals surface area contributed by atoms with Crippen LogP contribution in [-0.2, 0) is 4.79 Å². The van der Waals surface area contributed by atoms with E-state index >= 15 is 0 Å². The van der Waals surface area contributed by atoms with Gasteiger partial charge in [0, 0.05) is 11.3 Å². The number of unbranched alkanes of at least 4 members (excludes halogenated alkanes) is 1. The average Bonchev–Trinajstić information content (AvgIpc) is 2.31. The van der Waals surface area contributed by atoms with Crippen molar-refractivity contribution in [2.45, 2.75) is 29.9 Å². The fourth-order valence-corrected chi connectivity index (χ4v) is 2.01. The molecule has 0 spiro atoms. The van der Waals surface area contributed by atoms with Gasteiger partial charge in [-0.2, -0.15) is 8.78 Å². The highest BCUT2D eigenvalue weighted by atomic mass is 32.2. The minimum atomic E-state index is -2.50. The number of thioether (sulfide) groups is 1. The van der Waals surface area contributed by atoms with Gasteiger partial charge in [0.15, 0.2) is 0 Å². The molecule has 1 rings (SSSR count). The molecule has 18 heavy (non-hydrogen) atoms. The van der Waals surface area contributed by atoms with Gasteiger partial charge in [-0.25, -0.2) is 0 Å². The molecule has 1 aromatic carbocycles. The molecule has 0 heterocycles. The molecule has 0 saturated heterocycles. The van der Waals surface area contributed by atoms with Crippen LogP contribution in [0.15, 0.2) is 29.2 Å². The number of anilines is 1. The first-order valence-electron chi connectivity index (χ1n) is 5.67. The number of alkyl halides is 2. The molecule has 0 bridgehead atoms. The number of nitrogens with two attached hydrogens (primary N) is 1. The summed E-state index contributed by atoms with van der Waals surface area (Å²) in [6, 6.07) is 6.54. The van der Waals surface area contributed by atoms with Gasteiger partial charge in [0.1, 0.15) is 0 Å². The van der Waals surface area contributed by atoms with Crippen molar-refractivity contribution < 1.29 is 13.6 Å². The number of halogens is 2. The van der Waals surface area contributed by atoms with Crippen molar-refractivity contribution >= 4 is 23.4 Å². The molecular weight excluding hydrogens is 258 g/mol. The number of hydrogen-bond acceptors (Lipinski definition) is 3. The van der Waals surface area contributed by atoms with Crippen LogP contribution in [0.3, 0.4) is 0 Å². The molecule has 100 valence electrons. The Balaban J connectivity index is 2.57. The fourth-order valence-electron chi connectivity index (χ4n) is 1.41. The van der Waals surface area contributed by atoms with Crippen molar-refractivity contribution in [1.82, 2.24) is 0 Å². The molecule has 0 radical (unpaired) electrons. The van der Waals surface area contributed by atoms with Gasteiger partial charge in [0.2, 0.25) is 5.91 Å². The molecule has 6 heteroatoms. The zero-order valence-corrected chi connectivity index (χ0v) is 10.7. The number of para-hydroxylation sites is 1. The molecule has 3 nitrogen and oxygen atoms in total. The van der Waals surface area contributed by atoms with Gasteiger partial charge in [-0.3, -0.25) is 4.79 Å². The van der Waals surface area contributed by atoms with E-state index in [1.54, 1.807) is 24.3 Å². The molecule has 0 aliphatic heterocycles. The van der Waals surface area contributed by atoms with E-state index in [9.17, 15) is 13.6 Å². The number of benzene rings is 1. The first-order valence-corrected chi connectivity index (χ1v) is 6.55. The van der Waals surface area contributed by atoms with Crippen LogP contribution < -0.4 is 11.1 Å². The lowest BCUT2D eigenvalue weighted by molar-refractivity contribution is -0.116. The van der Waals surface area contributed by atoms with Crippen LogP contribution in [0.1, 0.15) is 19.3 Å². The molecular formula is C12H16F2N2OS. The first kappa shape index (κ1) is 14.9. The van der Waals surface area contributed by atoms with E-state index in [4.69, 9.17) is 5.73 Å². The maximum atomic E-state index is 12.3. The van der Waals surface area contributed by atoms with Crippen molar-refractivity contribution in [1.29, 1.82) is 0 Å². The molecule has 3 N–H and O–H groups in total. The maximum absolute atomic E-state index is 12.3. The van der Waals surface area contributed by atoms with Crippen LogP contribution >= 0.6 is 11.8 Å². The second-order valence-corrected chi connectivity index (χ2v) is 4.70. The summed E-state index contributed by atoms with van der Waals surface area (Å²) in [5.41, 5.74) is 5.76. The SMILES string of the molecule is NCCCCC(=O)Nc1ccccc1SC(F)F. The van der Waals surface area contributed by atoms with Crippen molar-refractivity contribution in [2.24, 2.45) is 5.73 Å². The molecule has 0 aliphatic rings. The highest BCUT2D eigenvalue weighted by molar-refractivity contribution is 7.99. The Bertz CT molecular complexity index is 388. The van der Waals surface area contributed by atoms with E-state index in [-0.39, 0.29) is 5.91 Å². The number of nitrogens with one attached hydrogen (secondary N) is 1. The summed E-state index contributed by atoms with van der Waals surface area (Å²) < 4.78 is 24.6. The third-order valence-corrected chi connectivity index (χ3v) is 3.02. The van der Waals surface area contributed by atoms with Crippen LogP contribution in [0, 0.1) is 0 Å². The number of carbonyl (C=O) groups excluding carboxylic acids is 1. The Labute approximate surface area is 109 Å². The summed E-state index contributed by atoms with van der Waals surface area (Å²) in [4.78, 5) is 12.0. The van der Waals surface area contributed by atoms with Gasteiger partial charge in [0.25, 0.3) is 5.76 Å². The van der Waals surface area contributed by atoms with Gasteiger partial charge in [-0.15, -0.1) is 0 Å². The molecule has 1 aromatic rings. The molecule has 0 atom stereocenters. The average molecular weight is 274 g/mol. The lowest BCUT2D eigenvalue weighted by Crippen LogP contribution is -2.12. The summed E-state index contributed by atoms with van der Waals surface area (Å²) in [5.74, 6) is -2.67. The summed E-state index contributed by atoms with van der Waals surface area (Å²) in [5, 5.41) is 2.64.